The maximum Gasteiger partial charge on any atom is 0.229 e. The van der Waals surface area contributed by atoms with Crippen LogP contribution in [0, 0.1) is 0 Å². The molecule has 4 aromatic rings. The SMILES string of the molecule is C(=NNc1cc(N2CCCC2)nc(N2CCCC2)n1)c1c2ccccc2cc2ccccc12. The van der Waals surface area contributed by atoms with Crippen molar-refractivity contribution in [2.75, 3.05) is 41.4 Å². The zero-order valence-corrected chi connectivity index (χ0v) is 18.7. The van der Waals surface area contributed by atoms with Gasteiger partial charge in [-0.25, -0.2) is 0 Å². The van der Waals surface area contributed by atoms with Crippen molar-refractivity contribution in [3.63, 3.8) is 0 Å². The first-order valence-electron chi connectivity index (χ1n) is 11.9. The predicted octanol–water partition coefficient (Wildman–Crippen LogP) is 5.43. The van der Waals surface area contributed by atoms with Gasteiger partial charge in [-0.3, -0.25) is 5.43 Å². The van der Waals surface area contributed by atoms with Gasteiger partial charge in [0, 0.05) is 37.8 Å². The largest absolute Gasteiger partial charge is 0.356 e. The zero-order valence-electron chi connectivity index (χ0n) is 18.7. The Balaban J connectivity index is 1.35. The molecule has 3 heterocycles. The van der Waals surface area contributed by atoms with Gasteiger partial charge in [-0.15, -0.1) is 0 Å². The average Bonchev–Trinajstić information content (AvgIpc) is 3.58. The maximum absolute atomic E-state index is 4.89. The van der Waals surface area contributed by atoms with E-state index in [0.29, 0.717) is 0 Å². The van der Waals surface area contributed by atoms with E-state index in [-0.39, 0.29) is 0 Å². The number of rotatable bonds is 5. The van der Waals surface area contributed by atoms with E-state index in [9.17, 15) is 0 Å². The summed E-state index contributed by atoms with van der Waals surface area (Å²) in [6, 6.07) is 21.2. The molecule has 0 unspecified atom stereocenters. The summed E-state index contributed by atoms with van der Waals surface area (Å²) in [5.74, 6) is 2.55. The molecule has 1 N–H and O–H groups in total. The van der Waals surface area contributed by atoms with Crippen LogP contribution in [0.1, 0.15) is 31.2 Å². The van der Waals surface area contributed by atoms with Crippen LogP contribution in [0.15, 0.2) is 65.8 Å². The lowest BCUT2D eigenvalue weighted by Gasteiger charge is -2.21. The number of nitrogens with one attached hydrogen (secondary N) is 1. The molecule has 0 radical (unpaired) electrons. The third-order valence-electron chi connectivity index (χ3n) is 6.71. The van der Waals surface area contributed by atoms with Gasteiger partial charge in [0.15, 0.2) is 5.82 Å². The van der Waals surface area contributed by atoms with Gasteiger partial charge in [0.1, 0.15) is 5.82 Å². The van der Waals surface area contributed by atoms with Crippen LogP contribution < -0.4 is 15.2 Å². The Morgan fingerprint density at radius 1 is 0.727 bits per heavy atom. The van der Waals surface area contributed by atoms with Crippen molar-refractivity contribution < 1.29 is 0 Å². The highest BCUT2D eigenvalue weighted by Gasteiger charge is 2.20. The summed E-state index contributed by atoms with van der Waals surface area (Å²) in [7, 11) is 0. The van der Waals surface area contributed by atoms with Crippen molar-refractivity contribution in [1.29, 1.82) is 0 Å². The lowest BCUT2D eigenvalue weighted by Crippen LogP contribution is -2.24. The summed E-state index contributed by atoms with van der Waals surface area (Å²) in [4.78, 5) is 14.3. The smallest absolute Gasteiger partial charge is 0.229 e. The van der Waals surface area contributed by atoms with Gasteiger partial charge in [-0.2, -0.15) is 15.1 Å². The first-order chi connectivity index (χ1) is 16.3. The van der Waals surface area contributed by atoms with Crippen LogP contribution in [0.4, 0.5) is 17.6 Å². The minimum atomic E-state index is 0.745. The molecule has 166 valence electrons. The van der Waals surface area contributed by atoms with E-state index in [0.717, 1.165) is 49.3 Å². The Bertz CT molecular complexity index is 1230. The summed E-state index contributed by atoms with van der Waals surface area (Å²) in [5, 5.41) is 9.46. The van der Waals surface area contributed by atoms with Gasteiger partial charge in [0.05, 0.1) is 6.21 Å². The molecule has 0 aliphatic carbocycles. The normalized spacial score (nSPS) is 16.5. The third-order valence-corrected chi connectivity index (χ3v) is 6.71. The van der Waals surface area contributed by atoms with E-state index >= 15 is 0 Å². The zero-order chi connectivity index (χ0) is 22.0. The Hall–Kier alpha value is -3.67. The summed E-state index contributed by atoms with van der Waals surface area (Å²) in [5.41, 5.74) is 4.33. The molecule has 0 amide bonds. The molecule has 2 saturated heterocycles. The number of aromatic nitrogens is 2. The van der Waals surface area contributed by atoms with Crippen molar-refractivity contribution in [1.82, 2.24) is 9.97 Å². The predicted molar refractivity (Wildman–Crippen MR) is 138 cm³/mol. The van der Waals surface area contributed by atoms with Crippen molar-refractivity contribution in [3.05, 3.63) is 66.2 Å². The van der Waals surface area contributed by atoms with Gasteiger partial charge >= 0.3 is 0 Å². The van der Waals surface area contributed by atoms with E-state index in [1.807, 2.05) is 12.3 Å². The number of hydrogen-bond acceptors (Lipinski definition) is 6. The molecule has 3 aromatic carbocycles. The van der Waals surface area contributed by atoms with Crippen molar-refractivity contribution in [2.24, 2.45) is 5.10 Å². The molecule has 6 heteroatoms. The minimum absolute atomic E-state index is 0.745. The molecule has 33 heavy (non-hydrogen) atoms. The van der Waals surface area contributed by atoms with Crippen LogP contribution in [0.25, 0.3) is 21.5 Å². The van der Waals surface area contributed by atoms with Gasteiger partial charge in [-0.05, 0) is 53.3 Å². The molecule has 0 saturated carbocycles. The second kappa shape index (κ2) is 8.70. The topological polar surface area (TPSA) is 56.7 Å². The average molecular weight is 437 g/mol. The van der Waals surface area contributed by atoms with Crippen LogP contribution in [-0.4, -0.2) is 42.4 Å². The summed E-state index contributed by atoms with van der Waals surface area (Å²) in [6.45, 7) is 4.16. The van der Waals surface area contributed by atoms with E-state index in [1.165, 1.54) is 47.2 Å². The fourth-order valence-electron chi connectivity index (χ4n) is 5.00. The maximum atomic E-state index is 4.89. The molecule has 2 aliphatic heterocycles. The second-order valence-corrected chi connectivity index (χ2v) is 8.90. The summed E-state index contributed by atoms with van der Waals surface area (Å²) < 4.78 is 0. The highest BCUT2D eigenvalue weighted by atomic mass is 15.4. The number of hydrogen-bond donors (Lipinski definition) is 1. The Labute approximate surface area is 193 Å². The van der Waals surface area contributed by atoms with Gasteiger partial charge in [-0.1, -0.05) is 48.5 Å². The molecule has 0 spiro atoms. The number of anilines is 3. The van der Waals surface area contributed by atoms with Crippen molar-refractivity contribution >= 4 is 45.3 Å². The standard InChI is InChI=1S/C27H28N6/c1-3-11-22-20(9-1)17-21-10-2-4-12-23(21)24(22)19-28-31-25-18-26(32-13-5-6-14-32)30-27(29-25)33-15-7-8-16-33/h1-4,9-12,17-19H,5-8,13-16H2,(H,29,30,31). The highest BCUT2D eigenvalue weighted by molar-refractivity contribution is 6.13. The Kier molecular flexibility index (Phi) is 5.26. The second-order valence-electron chi connectivity index (χ2n) is 8.90. The van der Waals surface area contributed by atoms with Gasteiger partial charge in [0.25, 0.3) is 0 Å². The third kappa shape index (κ3) is 3.97. The fourth-order valence-corrected chi connectivity index (χ4v) is 5.00. The van der Waals surface area contributed by atoms with Crippen molar-refractivity contribution in [3.8, 4) is 0 Å². The van der Waals surface area contributed by atoms with Crippen LogP contribution in [-0.2, 0) is 0 Å². The number of hydrazone groups is 1. The van der Waals surface area contributed by atoms with E-state index in [1.54, 1.807) is 0 Å². The molecule has 6 nitrogen and oxygen atoms in total. The fraction of sp³-hybridized carbons (Fsp3) is 0.296. The molecule has 2 aliphatic rings. The minimum Gasteiger partial charge on any atom is -0.356 e. The summed E-state index contributed by atoms with van der Waals surface area (Å²) >= 11 is 0. The van der Waals surface area contributed by atoms with Crippen LogP contribution in [0.2, 0.25) is 0 Å². The summed E-state index contributed by atoms with van der Waals surface area (Å²) in [6.07, 6.45) is 6.77. The van der Waals surface area contributed by atoms with Crippen LogP contribution >= 0.6 is 0 Å². The van der Waals surface area contributed by atoms with E-state index in [2.05, 4.69) is 74.9 Å². The monoisotopic (exact) mass is 436 g/mol. The molecule has 6 rings (SSSR count). The van der Waals surface area contributed by atoms with Gasteiger partial charge in [0.2, 0.25) is 5.95 Å². The molecule has 0 atom stereocenters. The van der Waals surface area contributed by atoms with E-state index in [4.69, 9.17) is 9.97 Å². The Morgan fingerprint density at radius 2 is 1.33 bits per heavy atom. The van der Waals surface area contributed by atoms with Crippen molar-refractivity contribution in [2.45, 2.75) is 25.7 Å². The van der Waals surface area contributed by atoms with Crippen LogP contribution in [0.5, 0.6) is 0 Å². The lowest BCUT2D eigenvalue weighted by molar-refractivity contribution is 0.871. The number of benzene rings is 3. The molecular formula is C27H28N6. The lowest BCUT2D eigenvalue weighted by atomic mass is 9.97. The number of fused-ring (bicyclic) bond motifs is 2. The van der Waals surface area contributed by atoms with E-state index < -0.39 is 0 Å². The molecule has 2 fully saturated rings. The highest BCUT2D eigenvalue weighted by Crippen LogP contribution is 2.28. The quantitative estimate of drug-likeness (QED) is 0.257. The Morgan fingerprint density at radius 3 is 2.00 bits per heavy atom. The number of nitrogens with zero attached hydrogens (tertiary/aromatic N) is 5. The molecule has 1 aromatic heterocycles. The first-order valence-corrected chi connectivity index (χ1v) is 11.9. The molecular weight excluding hydrogens is 408 g/mol. The first kappa shape index (κ1) is 20.0. The molecule has 0 bridgehead atoms. The van der Waals surface area contributed by atoms with Crippen LogP contribution in [0.3, 0.4) is 0 Å². The van der Waals surface area contributed by atoms with Gasteiger partial charge < -0.3 is 9.80 Å².